The van der Waals surface area contributed by atoms with E-state index in [4.69, 9.17) is 0 Å². The van der Waals surface area contributed by atoms with E-state index in [1.165, 1.54) is 5.56 Å². The van der Waals surface area contributed by atoms with Crippen molar-refractivity contribution >= 4 is 0 Å². The Morgan fingerprint density at radius 3 is 2.39 bits per heavy atom. The molecule has 0 amide bonds. The third-order valence-corrected chi connectivity index (χ3v) is 3.54. The van der Waals surface area contributed by atoms with Crippen LogP contribution in [0.1, 0.15) is 46.1 Å². The van der Waals surface area contributed by atoms with Gasteiger partial charge < -0.3 is 10.4 Å². The van der Waals surface area contributed by atoms with E-state index in [1.54, 1.807) is 0 Å². The van der Waals surface area contributed by atoms with Crippen LogP contribution in [0.5, 0.6) is 0 Å². The Labute approximate surface area is 111 Å². The second-order valence-corrected chi connectivity index (χ2v) is 5.83. The normalized spacial score (nSPS) is 15.4. The minimum Gasteiger partial charge on any atom is -0.392 e. The van der Waals surface area contributed by atoms with Crippen molar-refractivity contribution in [3.05, 3.63) is 35.9 Å². The van der Waals surface area contributed by atoms with Crippen molar-refractivity contribution in [2.24, 2.45) is 0 Å². The van der Waals surface area contributed by atoms with Crippen LogP contribution in [-0.4, -0.2) is 23.8 Å². The first-order chi connectivity index (χ1) is 8.45. The summed E-state index contributed by atoms with van der Waals surface area (Å²) < 4.78 is 0. The van der Waals surface area contributed by atoms with Crippen molar-refractivity contribution in [1.29, 1.82) is 0 Å². The molecule has 0 fully saturated rings. The molecule has 18 heavy (non-hydrogen) atoms. The molecule has 1 aromatic rings. The van der Waals surface area contributed by atoms with Gasteiger partial charge >= 0.3 is 0 Å². The Kier molecular flexibility index (Phi) is 5.83. The van der Waals surface area contributed by atoms with E-state index in [0.717, 1.165) is 12.8 Å². The maximum Gasteiger partial charge on any atom is 0.0662 e. The highest BCUT2D eigenvalue weighted by molar-refractivity contribution is 5.23. The van der Waals surface area contributed by atoms with Crippen molar-refractivity contribution < 1.29 is 5.11 Å². The average Bonchev–Trinajstić information content (AvgIpc) is 2.36. The highest BCUT2D eigenvalue weighted by atomic mass is 16.3. The fraction of sp³-hybridized carbons (Fsp3) is 0.625. The Morgan fingerprint density at radius 2 is 1.83 bits per heavy atom. The van der Waals surface area contributed by atoms with E-state index < -0.39 is 0 Å². The van der Waals surface area contributed by atoms with Gasteiger partial charge in [-0.1, -0.05) is 51.1 Å². The van der Waals surface area contributed by atoms with Gasteiger partial charge in [-0.3, -0.25) is 0 Å². The summed E-state index contributed by atoms with van der Waals surface area (Å²) >= 11 is 0. The van der Waals surface area contributed by atoms with Crippen molar-refractivity contribution in [1.82, 2.24) is 5.32 Å². The van der Waals surface area contributed by atoms with Gasteiger partial charge in [-0.05, 0) is 30.7 Å². The fourth-order valence-electron chi connectivity index (χ4n) is 2.33. The maximum atomic E-state index is 9.56. The summed E-state index contributed by atoms with van der Waals surface area (Å²) in [5.41, 5.74) is 1.53. The molecule has 102 valence electrons. The minimum atomic E-state index is -0.229. The second-order valence-electron chi connectivity index (χ2n) is 5.83. The highest BCUT2D eigenvalue weighted by Crippen LogP contribution is 2.27. The zero-order valence-electron chi connectivity index (χ0n) is 12.1. The van der Waals surface area contributed by atoms with Gasteiger partial charge in [0.2, 0.25) is 0 Å². The molecule has 0 spiro atoms. The molecule has 0 bridgehead atoms. The van der Waals surface area contributed by atoms with Gasteiger partial charge in [-0.15, -0.1) is 0 Å². The quantitative estimate of drug-likeness (QED) is 0.778. The molecular formula is C16H27NO. The molecule has 0 saturated heterocycles. The van der Waals surface area contributed by atoms with Gasteiger partial charge in [-0.25, -0.2) is 0 Å². The summed E-state index contributed by atoms with van der Waals surface area (Å²) in [5.74, 6) is 0. The van der Waals surface area contributed by atoms with Crippen LogP contribution in [0.25, 0.3) is 0 Å². The van der Waals surface area contributed by atoms with E-state index >= 15 is 0 Å². The number of rotatable bonds is 7. The van der Waals surface area contributed by atoms with Crippen molar-refractivity contribution in [3.63, 3.8) is 0 Å². The third-order valence-electron chi connectivity index (χ3n) is 3.54. The van der Waals surface area contributed by atoms with Crippen LogP contribution in [0.15, 0.2) is 30.3 Å². The SMILES string of the molecule is CCC(O)CNC(C)CC(C)(C)c1ccccc1. The van der Waals surface area contributed by atoms with Crippen LogP contribution < -0.4 is 5.32 Å². The van der Waals surface area contributed by atoms with Gasteiger partial charge in [0.25, 0.3) is 0 Å². The molecule has 0 saturated carbocycles. The van der Waals surface area contributed by atoms with Crippen LogP contribution in [0.2, 0.25) is 0 Å². The molecule has 0 aliphatic heterocycles. The number of hydrogen-bond acceptors (Lipinski definition) is 2. The topological polar surface area (TPSA) is 32.3 Å². The Bertz CT molecular complexity index is 334. The molecule has 0 aliphatic rings. The number of nitrogens with one attached hydrogen (secondary N) is 1. The van der Waals surface area contributed by atoms with Gasteiger partial charge in [0, 0.05) is 12.6 Å². The summed E-state index contributed by atoms with van der Waals surface area (Å²) in [6.45, 7) is 9.42. The first kappa shape index (κ1) is 15.2. The molecule has 1 rings (SSSR count). The number of hydrogen-bond donors (Lipinski definition) is 2. The largest absolute Gasteiger partial charge is 0.392 e. The standard InChI is InChI=1S/C16H27NO/c1-5-15(18)12-17-13(2)11-16(3,4)14-9-7-6-8-10-14/h6-10,13,15,17-18H,5,11-12H2,1-4H3. The molecule has 2 heteroatoms. The Balaban J connectivity index is 2.50. The smallest absolute Gasteiger partial charge is 0.0662 e. The van der Waals surface area contributed by atoms with Crippen LogP contribution in [0, 0.1) is 0 Å². The molecule has 1 aromatic carbocycles. The van der Waals surface area contributed by atoms with E-state index in [1.807, 2.05) is 6.92 Å². The average molecular weight is 249 g/mol. The first-order valence-corrected chi connectivity index (χ1v) is 6.92. The first-order valence-electron chi connectivity index (χ1n) is 6.92. The lowest BCUT2D eigenvalue weighted by Gasteiger charge is -2.29. The number of aliphatic hydroxyl groups is 1. The molecule has 0 heterocycles. The molecule has 0 radical (unpaired) electrons. The predicted molar refractivity (Wildman–Crippen MR) is 77.8 cm³/mol. The molecule has 0 aromatic heterocycles. The number of aliphatic hydroxyl groups excluding tert-OH is 1. The lowest BCUT2D eigenvalue weighted by molar-refractivity contribution is 0.161. The summed E-state index contributed by atoms with van der Waals surface area (Å²) in [7, 11) is 0. The number of benzene rings is 1. The van der Waals surface area contributed by atoms with Crippen molar-refractivity contribution in [2.75, 3.05) is 6.54 Å². The summed E-state index contributed by atoms with van der Waals surface area (Å²) in [4.78, 5) is 0. The summed E-state index contributed by atoms with van der Waals surface area (Å²) in [5, 5.41) is 13.0. The van der Waals surface area contributed by atoms with E-state index in [0.29, 0.717) is 12.6 Å². The van der Waals surface area contributed by atoms with Crippen LogP contribution >= 0.6 is 0 Å². The van der Waals surface area contributed by atoms with Gasteiger partial charge in [0.05, 0.1) is 6.10 Å². The van der Waals surface area contributed by atoms with E-state index in [9.17, 15) is 5.11 Å². The second kappa shape index (κ2) is 6.91. The maximum absolute atomic E-state index is 9.56. The summed E-state index contributed by atoms with van der Waals surface area (Å²) in [6.07, 6.45) is 1.64. The van der Waals surface area contributed by atoms with E-state index in [2.05, 4.69) is 56.4 Å². The molecule has 2 unspecified atom stereocenters. The highest BCUT2D eigenvalue weighted by Gasteiger charge is 2.23. The monoisotopic (exact) mass is 249 g/mol. The third kappa shape index (κ3) is 4.79. The van der Waals surface area contributed by atoms with Crippen molar-refractivity contribution in [3.8, 4) is 0 Å². The van der Waals surface area contributed by atoms with Gasteiger partial charge in [0.15, 0.2) is 0 Å². The van der Waals surface area contributed by atoms with Gasteiger partial charge in [-0.2, -0.15) is 0 Å². The van der Waals surface area contributed by atoms with Crippen LogP contribution in [-0.2, 0) is 5.41 Å². The van der Waals surface area contributed by atoms with Gasteiger partial charge in [0.1, 0.15) is 0 Å². The van der Waals surface area contributed by atoms with E-state index in [-0.39, 0.29) is 11.5 Å². The molecule has 2 nitrogen and oxygen atoms in total. The zero-order chi connectivity index (χ0) is 13.6. The lowest BCUT2D eigenvalue weighted by atomic mass is 9.79. The van der Waals surface area contributed by atoms with Crippen LogP contribution in [0.4, 0.5) is 0 Å². The zero-order valence-corrected chi connectivity index (χ0v) is 12.1. The molecule has 0 aliphatic carbocycles. The molecule has 2 atom stereocenters. The van der Waals surface area contributed by atoms with Crippen molar-refractivity contribution in [2.45, 2.75) is 58.1 Å². The minimum absolute atomic E-state index is 0.158. The Hall–Kier alpha value is -0.860. The Morgan fingerprint density at radius 1 is 1.22 bits per heavy atom. The molecular weight excluding hydrogens is 222 g/mol. The summed E-state index contributed by atoms with van der Waals surface area (Å²) in [6, 6.07) is 11.0. The molecule has 2 N–H and O–H groups in total. The fourth-order valence-corrected chi connectivity index (χ4v) is 2.33. The van der Waals surface area contributed by atoms with Crippen LogP contribution in [0.3, 0.4) is 0 Å². The predicted octanol–water partition coefficient (Wildman–Crippen LogP) is 3.10. The lowest BCUT2D eigenvalue weighted by Crippen LogP contribution is -2.37.